The quantitative estimate of drug-likeness (QED) is 0.214. The highest BCUT2D eigenvalue weighted by Crippen LogP contribution is 2.31. The number of hydrogen-bond acceptors (Lipinski definition) is 6. The Hall–Kier alpha value is -3.52. The number of nitrogens with zero attached hydrogens (tertiary/aromatic N) is 4. The second-order valence-corrected chi connectivity index (χ2v) is 14.2. The zero-order valence-electron chi connectivity index (χ0n) is 27.9. The van der Waals surface area contributed by atoms with E-state index in [9.17, 15) is 27.6 Å². The average Bonchev–Trinajstić information content (AvgIpc) is 3.67. The summed E-state index contributed by atoms with van der Waals surface area (Å²) in [6, 6.07) is 9.52. The molecular formula is C36H42ClF4N5O4. The first-order chi connectivity index (χ1) is 23.9. The number of para-hydroxylation sites is 1. The molecule has 3 heterocycles. The molecule has 3 aromatic rings. The molecule has 9 nitrogen and oxygen atoms in total. The molecule has 14 heteroatoms. The van der Waals surface area contributed by atoms with Crippen LogP contribution in [0.4, 0.5) is 23.2 Å². The van der Waals surface area contributed by atoms with Gasteiger partial charge in [0, 0.05) is 68.8 Å². The Labute approximate surface area is 293 Å². The maximum absolute atomic E-state index is 15.5. The molecule has 0 unspecified atom stereocenters. The van der Waals surface area contributed by atoms with Crippen molar-refractivity contribution in [2.75, 3.05) is 51.2 Å². The zero-order valence-corrected chi connectivity index (χ0v) is 28.7. The molecule has 270 valence electrons. The molecule has 2 aliphatic heterocycles. The summed E-state index contributed by atoms with van der Waals surface area (Å²) in [6.45, 7) is 1.12. The molecule has 1 aromatic heterocycles. The summed E-state index contributed by atoms with van der Waals surface area (Å²) in [5.74, 6) is -1.41. The van der Waals surface area contributed by atoms with E-state index in [1.54, 1.807) is 11.1 Å². The van der Waals surface area contributed by atoms with Crippen molar-refractivity contribution < 1.29 is 36.7 Å². The second-order valence-electron chi connectivity index (χ2n) is 13.7. The van der Waals surface area contributed by atoms with Crippen LogP contribution in [0.5, 0.6) is 0 Å². The van der Waals surface area contributed by atoms with Crippen LogP contribution >= 0.6 is 11.6 Å². The first-order valence-electron chi connectivity index (χ1n) is 17.1. The molecule has 6 rings (SSSR count). The molecule has 2 aromatic carbocycles. The van der Waals surface area contributed by atoms with Crippen LogP contribution in [0, 0.1) is 11.7 Å². The summed E-state index contributed by atoms with van der Waals surface area (Å²) in [7, 11) is 1.83. The number of nitrogens with one attached hydrogen (secondary N) is 1. The Morgan fingerprint density at radius 1 is 1.06 bits per heavy atom. The van der Waals surface area contributed by atoms with Gasteiger partial charge in [-0.15, -0.1) is 0 Å². The lowest BCUT2D eigenvalue weighted by atomic mass is 9.88. The molecule has 2 saturated heterocycles. The van der Waals surface area contributed by atoms with Gasteiger partial charge in [0.2, 0.25) is 5.91 Å². The van der Waals surface area contributed by atoms with Crippen molar-refractivity contribution in [3.8, 4) is 0 Å². The molecule has 3 aliphatic rings. The lowest BCUT2D eigenvalue weighted by Crippen LogP contribution is -2.52. The molecule has 2 amide bonds. The van der Waals surface area contributed by atoms with Crippen molar-refractivity contribution in [3.05, 3.63) is 64.6 Å². The van der Waals surface area contributed by atoms with Crippen molar-refractivity contribution in [2.45, 2.75) is 62.9 Å². The third-order valence-electron chi connectivity index (χ3n) is 10.3. The summed E-state index contributed by atoms with van der Waals surface area (Å²) < 4.78 is 62.5. The average molecular weight is 720 g/mol. The molecule has 1 aliphatic carbocycles. The van der Waals surface area contributed by atoms with Gasteiger partial charge in [0.25, 0.3) is 5.91 Å². The number of piperazine rings is 1. The Morgan fingerprint density at radius 3 is 2.48 bits per heavy atom. The smallest absolute Gasteiger partial charge is 0.376 e. The van der Waals surface area contributed by atoms with E-state index < -0.39 is 24.4 Å². The third kappa shape index (κ3) is 8.50. The zero-order chi connectivity index (χ0) is 35.6. The third-order valence-corrected chi connectivity index (χ3v) is 10.7. The van der Waals surface area contributed by atoms with E-state index in [-0.39, 0.29) is 72.4 Å². The number of halogens is 5. The highest BCUT2D eigenvalue weighted by molar-refractivity contribution is 6.34. The Morgan fingerprint density at radius 2 is 1.78 bits per heavy atom. The minimum absolute atomic E-state index is 0.0269. The van der Waals surface area contributed by atoms with Gasteiger partial charge in [0.05, 0.1) is 48.0 Å². The Bertz CT molecular complexity index is 1700. The molecule has 50 heavy (non-hydrogen) atoms. The molecule has 0 radical (unpaired) electrons. The number of hydrogen-bond donors (Lipinski definition) is 1. The van der Waals surface area contributed by atoms with Gasteiger partial charge in [-0.3, -0.25) is 19.4 Å². The fourth-order valence-electron chi connectivity index (χ4n) is 7.59. The van der Waals surface area contributed by atoms with Gasteiger partial charge in [0.1, 0.15) is 12.1 Å². The van der Waals surface area contributed by atoms with Crippen LogP contribution in [-0.4, -0.2) is 108 Å². The van der Waals surface area contributed by atoms with Gasteiger partial charge >= 0.3 is 6.18 Å². The minimum atomic E-state index is -4.26. The number of ether oxygens (including phenoxy) is 1. The number of anilines is 1. The highest BCUT2D eigenvalue weighted by atomic mass is 35.5. The number of fused-ring (bicyclic) bond motifs is 1. The van der Waals surface area contributed by atoms with E-state index in [0.717, 1.165) is 48.9 Å². The number of aldehydes is 1. The standard InChI is InChI=1S/C36H42ClF4N5O4/c1-43-19-29(28-4-2-3-5-33(28)43)35(49)42-32-17-31(38)24(14-30(32)37)15-34(48)46-18-25(45-12-10-44(11-13-45)22-36(39,40)41)16-26(46)21-50-27-8-6-23(20-47)7-9-27/h2-5,14,17,19-20,23,25-27H,6-13,15-16,18,21-22H2,1H3,(H,42,49)/t23?,25-,26-,27?/m0/s1. The summed E-state index contributed by atoms with van der Waals surface area (Å²) in [5, 5.41) is 3.53. The summed E-state index contributed by atoms with van der Waals surface area (Å²) in [6.07, 6.45) is 1.72. The van der Waals surface area contributed by atoms with Gasteiger partial charge in [-0.2, -0.15) is 13.2 Å². The predicted octanol–water partition coefficient (Wildman–Crippen LogP) is 5.69. The summed E-state index contributed by atoms with van der Waals surface area (Å²) in [5.41, 5.74) is 1.44. The molecular weight excluding hydrogens is 678 g/mol. The number of amides is 2. The maximum Gasteiger partial charge on any atom is 0.401 e. The molecule has 0 spiro atoms. The van der Waals surface area contributed by atoms with E-state index in [1.807, 2.05) is 35.9 Å². The monoisotopic (exact) mass is 719 g/mol. The molecule has 0 bridgehead atoms. The van der Waals surface area contributed by atoms with Crippen LogP contribution in [0.15, 0.2) is 42.6 Å². The van der Waals surface area contributed by atoms with E-state index in [4.69, 9.17) is 16.3 Å². The fraction of sp³-hybridized carbons (Fsp3) is 0.528. The van der Waals surface area contributed by atoms with Gasteiger partial charge in [-0.05, 0) is 55.9 Å². The lowest BCUT2D eigenvalue weighted by Gasteiger charge is -2.38. The van der Waals surface area contributed by atoms with E-state index in [0.29, 0.717) is 31.6 Å². The number of benzene rings is 2. The first-order valence-corrected chi connectivity index (χ1v) is 17.5. The molecule has 1 N–H and O–H groups in total. The predicted molar refractivity (Wildman–Crippen MR) is 182 cm³/mol. The number of alkyl halides is 3. The largest absolute Gasteiger partial charge is 0.401 e. The van der Waals surface area contributed by atoms with Gasteiger partial charge in [-0.1, -0.05) is 29.8 Å². The van der Waals surface area contributed by atoms with Gasteiger partial charge in [0.15, 0.2) is 0 Å². The summed E-state index contributed by atoms with van der Waals surface area (Å²) >= 11 is 6.53. The lowest BCUT2D eigenvalue weighted by molar-refractivity contribution is -0.150. The van der Waals surface area contributed by atoms with Crippen molar-refractivity contribution in [1.29, 1.82) is 0 Å². The number of aryl methyl sites for hydroxylation is 1. The van der Waals surface area contributed by atoms with Crippen molar-refractivity contribution in [2.24, 2.45) is 13.0 Å². The van der Waals surface area contributed by atoms with Gasteiger partial charge in [-0.25, -0.2) is 4.39 Å². The van der Waals surface area contributed by atoms with Gasteiger partial charge < -0.3 is 24.3 Å². The Balaban J connectivity index is 1.12. The minimum Gasteiger partial charge on any atom is -0.376 e. The molecule has 2 atom stereocenters. The second kappa shape index (κ2) is 15.4. The topological polar surface area (TPSA) is 87.1 Å². The van der Waals surface area contributed by atoms with E-state index in [2.05, 4.69) is 10.2 Å². The van der Waals surface area contributed by atoms with Crippen LogP contribution in [0.1, 0.15) is 48.0 Å². The molecule has 1 saturated carbocycles. The van der Waals surface area contributed by atoms with Crippen LogP contribution in [-0.2, 0) is 27.8 Å². The van der Waals surface area contributed by atoms with E-state index in [1.165, 1.54) is 11.0 Å². The van der Waals surface area contributed by atoms with Crippen LogP contribution < -0.4 is 5.32 Å². The summed E-state index contributed by atoms with van der Waals surface area (Å²) in [4.78, 5) is 43.4. The van der Waals surface area contributed by atoms with Crippen LogP contribution in [0.2, 0.25) is 5.02 Å². The highest BCUT2D eigenvalue weighted by Gasteiger charge is 2.40. The molecule has 3 fully saturated rings. The number of carbonyl (C=O) groups excluding carboxylic acids is 3. The van der Waals surface area contributed by atoms with E-state index >= 15 is 4.39 Å². The SMILES string of the molecule is Cn1cc(C(=O)Nc2cc(F)c(CC(=O)N3C[C@@H](N4CCN(CC(F)(F)F)CC4)C[C@H]3COC3CCC(C=O)CC3)cc2Cl)c2ccccc21. The number of carbonyl (C=O) groups is 3. The van der Waals surface area contributed by atoms with Crippen molar-refractivity contribution >= 4 is 46.3 Å². The van der Waals surface area contributed by atoms with Crippen LogP contribution in [0.25, 0.3) is 10.9 Å². The van der Waals surface area contributed by atoms with Crippen LogP contribution in [0.3, 0.4) is 0 Å². The number of rotatable bonds is 10. The first kappa shape index (κ1) is 36.3. The maximum atomic E-state index is 15.5. The normalized spacial score (nSPS) is 23.8. The van der Waals surface area contributed by atoms with Crippen molar-refractivity contribution in [1.82, 2.24) is 19.3 Å². The van der Waals surface area contributed by atoms with Crippen molar-refractivity contribution in [3.63, 3.8) is 0 Å². The number of aromatic nitrogens is 1. The number of likely N-dealkylation sites (tertiary alicyclic amines) is 1. The fourth-order valence-corrected chi connectivity index (χ4v) is 7.83. The Kier molecular flexibility index (Phi) is 11.2.